The lowest BCUT2D eigenvalue weighted by molar-refractivity contribution is 0.102. The van der Waals surface area contributed by atoms with Gasteiger partial charge in [-0.2, -0.15) is 15.3 Å². The molecular formula is C13H18N6O. The first-order valence-electron chi connectivity index (χ1n) is 6.42. The largest absolute Gasteiger partial charge is 0.326 e. The molecular weight excluding hydrogens is 256 g/mol. The van der Waals surface area contributed by atoms with E-state index in [1.165, 1.54) is 0 Å². The Morgan fingerprint density at radius 1 is 1.45 bits per heavy atom. The molecule has 20 heavy (non-hydrogen) atoms. The van der Waals surface area contributed by atoms with Crippen LogP contribution in [0.5, 0.6) is 0 Å². The van der Waals surface area contributed by atoms with Gasteiger partial charge in [0.25, 0.3) is 5.91 Å². The first-order chi connectivity index (χ1) is 9.55. The van der Waals surface area contributed by atoms with E-state index in [4.69, 9.17) is 5.73 Å². The third kappa shape index (κ3) is 2.83. The molecule has 0 aliphatic heterocycles. The monoisotopic (exact) mass is 274 g/mol. The molecule has 0 unspecified atom stereocenters. The molecule has 2 aromatic rings. The van der Waals surface area contributed by atoms with E-state index in [-0.39, 0.29) is 5.91 Å². The zero-order valence-electron chi connectivity index (χ0n) is 11.8. The predicted molar refractivity (Wildman–Crippen MR) is 75.2 cm³/mol. The van der Waals surface area contributed by atoms with Crippen molar-refractivity contribution in [1.82, 2.24) is 20.0 Å². The van der Waals surface area contributed by atoms with E-state index >= 15 is 0 Å². The molecule has 0 atom stereocenters. The molecule has 7 heteroatoms. The number of anilines is 1. The molecule has 7 nitrogen and oxygen atoms in total. The Bertz CT molecular complexity index is 634. The zero-order valence-corrected chi connectivity index (χ0v) is 11.8. The maximum Gasteiger partial charge on any atom is 0.258 e. The predicted octanol–water partition coefficient (Wildman–Crippen LogP) is 0.792. The number of aryl methyl sites for hydroxylation is 3. The van der Waals surface area contributed by atoms with Crippen molar-refractivity contribution >= 4 is 11.7 Å². The van der Waals surface area contributed by atoms with Gasteiger partial charge in [0, 0.05) is 25.4 Å². The maximum absolute atomic E-state index is 12.4. The summed E-state index contributed by atoms with van der Waals surface area (Å²) in [5, 5.41) is 15.0. The van der Waals surface area contributed by atoms with E-state index in [9.17, 15) is 4.79 Å². The molecule has 0 aromatic carbocycles. The van der Waals surface area contributed by atoms with E-state index < -0.39 is 0 Å². The van der Waals surface area contributed by atoms with E-state index in [0.717, 1.165) is 5.56 Å². The highest BCUT2D eigenvalue weighted by molar-refractivity contribution is 6.04. The first-order valence-corrected chi connectivity index (χ1v) is 6.42. The lowest BCUT2D eigenvalue weighted by Gasteiger charge is -2.07. The van der Waals surface area contributed by atoms with Crippen molar-refractivity contribution in [2.45, 2.75) is 26.8 Å². The van der Waals surface area contributed by atoms with Gasteiger partial charge in [0.2, 0.25) is 0 Å². The van der Waals surface area contributed by atoms with Crippen molar-refractivity contribution in [3.63, 3.8) is 0 Å². The first kappa shape index (κ1) is 14.1. The molecule has 2 aromatic heterocycles. The van der Waals surface area contributed by atoms with Crippen molar-refractivity contribution in [3.8, 4) is 0 Å². The average Bonchev–Trinajstić information content (AvgIpc) is 2.78. The van der Waals surface area contributed by atoms with Crippen LogP contribution in [0.3, 0.4) is 0 Å². The second kappa shape index (κ2) is 5.79. The maximum atomic E-state index is 12.4. The van der Waals surface area contributed by atoms with Gasteiger partial charge in [0.1, 0.15) is 0 Å². The normalized spacial score (nSPS) is 10.6. The lowest BCUT2D eigenvalue weighted by Crippen LogP contribution is -2.17. The van der Waals surface area contributed by atoms with Gasteiger partial charge in [0.15, 0.2) is 5.82 Å². The van der Waals surface area contributed by atoms with Gasteiger partial charge in [0.05, 0.1) is 17.0 Å². The van der Waals surface area contributed by atoms with Crippen LogP contribution in [-0.2, 0) is 20.0 Å². The number of aromatic nitrogens is 4. The SMILES string of the molecule is CCc1nnc(C)cc1C(=O)Nc1nn(C)cc1CN. The summed E-state index contributed by atoms with van der Waals surface area (Å²) in [6.07, 6.45) is 2.42. The summed E-state index contributed by atoms with van der Waals surface area (Å²) < 4.78 is 1.62. The van der Waals surface area contributed by atoms with E-state index in [1.54, 1.807) is 30.9 Å². The van der Waals surface area contributed by atoms with Gasteiger partial charge in [-0.05, 0) is 19.4 Å². The van der Waals surface area contributed by atoms with Gasteiger partial charge >= 0.3 is 0 Å². The highest BCUT2D eigenvalue weighted by Gasteiger charge is 2.16. The van der Waals surface area contributed by atoms with Crippen LogP contribution in [-0.4, -0.2) is 25.9 Å². The van der Waals surface area contributed by atoms with Crippen LogP contribution in [0.2, 0.25) is 0 Å². The summed E-state index contributed by atoms with van der Waals surface area (Å²) in [6.45, 7) is 4.05. The number of nitrogens with zero attached hydrogens (tertiary/aromatic N) is 4. The number of carbonyl (C=O) groups excluding carboxylic acids is 1. The quantitative estimate of drug-likeness (QED) is 0.859. The molecule has 0 aliphatic rings. The minimum atomic E-state index is -0.242. The Morgan fingerprint density at radius 3 is 2.85 bits per heavy atom. The van der Waals surface area contributed by atoms with E-state index in [0.29, 0.717) is 35.7 Å². The van der Waals surface area contributed by atoms with Crippen molar-refractivity contribution in [2.24, 2.45) is 12.8 Å². The van der Waals surface area contributed by atoms with Crippen LogP contribution in [0.4, 0.5) is 5.82 Å². The number of hydrogen-bond donors (Lipinski definition) is 2. The molecule has 2 rings (SSSR count). The molecule has 0 saturated heterocycles. The second-order valence-electron chi connectivity index (χ2n) is 4.53. The summed E-state index contributed by atoms with van der Waals surface area (Å²) in [5.41, 5.74) is 8.31. The van der Waals surface area contributed by atoms with Crippen LogP contribution in [0.25, 0.3) is 0 Å². The minimum Gasteiger partial charge on any atom is -0.326 e. The Kier molecular flexibility index (Phi) is 4.09. The van der Waals surface area contributed by atoms with Crippen molar-refractivity contribution < 1.29 is 4.79 Å². The van der Waals surface area contributed by atoms with Crippen molar-refractivity contribution in [3.05, 3.63) is 34.8 Å². The summed E-state index contributed by atoms with van der Waals surface area (Å²) in [5.74, 6) is 0.241. The molecule has 3 N–H and O–H groups in total. The number of nitrogens with one attached hydrogen (secondary N) is 1. The number of rotatable bonds is 4. The van der Waals surface area contributed by atoms with Crippen LogP contribution < -0.4 is 11.1 Å². The highest BCUT2D eigenvalue weighted by Crippen LogP contribution is 2.15. The van der Waals surface area contributed by atoms with Crippen molar-refractivity contribution in [2.75, 3.05) is 5.32 Å². The lowest BCUT2D eigenvalue weighted by atomic mass is 10.1. The van der Waals surface area contributed by atoms with Crippen LogP contribution >= 0.6 is 0 Å². The molecule has 0 saturated carbocycles. The van der Waals surface area contributed by atoms with Gasteiger partial charge < -0.3 is 11.1 Å². The van der Waals surface area contributed by atoms with Gasteiger partial charge in [-0.3, -0.25) is 9.48 Å². The Balaban J connectivity index is 2.30. The second-order valence-corrected chi connectivity index (χ2v) is 4.53. The smallest absolute Gasteiger partial charge is 0.258 e. The molecule has 0 radical (unpaired) electrons. The third-order valence-corrected chi connectivity index (χ3v) is 2.93. The topological polar surface area (TPSA) is 98.7 Å². The number of hydrogen-bond acceptors (Lipinski definition) is 5. The molecule has 0 fully saturated rings. The molecule has 2 heterocycles. The fraction of sp³-hybridized carbons (Fsp3) is 0.385. The van der Waals surface area contributed by atoms with Crippen LogP contribution in [0, 0.1) is 6.92 Å². The van der Waals surface area contributed by atoms with Crippen LogP contribution in [0.1, 0.15) is 34.2 Å². The highest BCUT2D eigenvalue weighted by atomic mass is 16.1. The fourth-order valence-corrected chi connectivity index (χ4v) is 1.94. The minimum absolute atomic E-state index is 0.242. The zero-order chi connectivity index (χ0) is 14.7. The van der Waals surface area contributed by atoms with Gasteiger partial charge in [-0.25, -0.2) is 0 Å². The Hall–Kier alpha value is -2.28. The summed E-state index contributed by atoms with van der Waals surface area (Å²) in [7, 11) is 1.78. The number of amides is 1. The third-order valence-electron chi connectivity index (χ3n) is 2.93. The molecule has 0 bridgehead atoms. The van der Waals surface area contributed by atoms with Crippen LogP contribution in [0.15, 0.2) is 12.3 Å². The fourth-order valence-electron chi connectivity index (χ4n) is 1.94. The van der Waals surface area contributed by atoms with E-state index in [2.05, 4.69) is 20.6 Å². The molecule has 0 aliphatic carbocycles. The number of nitrogens with two attached hydrogens (primary N) is 1. The average molecular weight is 274 g/mol. The molecule has 0 spiro atoms. The number of carbonyl (C=O) groups is 1. The molecule has 106 valence electrons. The summed E-state index contributed by atoms with van der Waals surface area (Å²) in [4.78, 5) is 12.4. The van der Waals surface area contributed by atoms with E-state index in [1.807, 2.05) is 6.92 Å². The standard InChI is InChI=1S/C13H18N6O/c1-4-11-10(5-8(2)16-17-11)13(20)15-12-9(6-14)7-19(3)18-12/h5,7H,4,6,14H2,1-3H3,(H,15,18,20). The Morgan fingerprint density at radius 2 is 2.20 bits per heavy atom. The summed E-state index contributed by atoms with van der Waals surface area (Å²) in [6, 6.07) is 1.73. The molecule has 1 amide bonds. The van der Waals surface area contributed by atoms with Crippen molar-refractivity contribution in [1.29, 1.82) is 0 Å². The Labute approximate surface area is 117 Å². The summed E-state index contributed by atoms with van der Waals surface area (Å²) >= 11 is 0. The van der Waals surface area contributed by atoms with Gasteiger partial charge in [-0.1, -0.05) is 6.92 Å². The van der Waals surface area contributed by atoms with Gasteiger partial charge in [-0.15, -0.1) is 0 Å².